The molecule has 6 heteroatoms. The molecule has 0 aliphatic carbocycles. The van der Waals surface area contributed by atoms with Crippen molar-refractivity contribution in [1.82, 2.24) is 4.31 Å². The van der Waals surface area contributed by atoms with E-state index in [2.05, 4.69) is 0 Å². The summed E-state index contributed by atoms with van der Waals surface area (Å²) in [6, 6.07) is 8.33. The average Bonchev–Trinajstić information content (AvgIpc) is 2.97. The maximum absolute atomic E-state index is 12.9. The number of aliphatic hydroxyl groups is 1. The fourth-order valence-electron chi connectivity index (χ4n) is 3.57. The summed E-state index contributed by atoms with van der Waals surface area (Å²) >= 11 is 0. The van der Waals surface area contributed by atoms with Crippen LogP contribution in [-0.4, -0.2) is 49.2 Å². The predicted octanol–water partition coefficient (Wildman–Crippen LogP) is 1.63. The van der Waals surface area contributed by atoms with Crippen LogP contribution >= 0.6 is 0 Å². The van der Waals surface area contributed by atoms with E-state index in [9.17, 15) is 13.5 Å². The number of hydrogen-bond acceptors (Lipinski definition) is 4. The fourth-order valence-corrected chi connectivity index (χ4v) is 5.32. The number of benzene rings is 1. The second-order valence-corrected chi connectivity index (χ2v) is 8.32. The first kappa shape index (κ1) is 15.9. The van der Waals surface area contributed by atoms with Crippen molar-refractivity contribution >= 4 is 10.0 Å². The Kier molecular flexibility index (Phi) is 4.29. The first-order valence-corrected chi connectivity index (χ1v) is 9.24. The molecular weight excluding hydrogens is 302 g/mol. The van der Waals surface area contributed by atoms with Crippen LogP contribution in [0.1, 0.15) is 26.2 Å². The lowest BCUT2D eigenvalue weighted by Crippen LogP contribution is -2.53. The molecule has 0 amide bonds. The van der Waals surface area contributed by atoms with Crippen molar-refractivity contribution in [3.8, 4) is 0 Å². The molecule has 3 rings (SSSR count). The maximum Gasteiger partial charge on any atom is 0.243 e. The first-order valence-electron chi connectivity index (χ1n) is 7.80. The highest BCUT2D eigenvalue weighted by atomic mass is 32.2. The van der Waals surface area contributed by atoms with E-state index in [1.807, 2.05) is 0 Å². The minimum absolute atomic E-state index is 0.178. The third-order valence-electron chi connectivity index (χ3n) is 4.91. The van der Waals surface area contributed by atoms with Crippen LogP contribution in [0, 0.1) is 5.92 Å². The van der Waals surface area contributed by atoms with Crippen molar-refractivity contribution in [3.63, 3.8) is 0 Å². The van der Waals surface area contributed by atoms with Crippen molar-refractivity contribution in [3.05, 3.63) is 30.3 Å². The van der Waals surface area contributed by atoms with Crippen molar-refractivity contribution < 1.29 is 18.3 Å². The molecule has 2 fully saturated rings. The SMILES string of the molecule is C[C@]1(O)CCOC[C@H]1[C@@H]1CCCN1S(=O)(=O)c1ccccc1. The van der Waals surface area contributed by atoms with Crippen LogP contribution in [0.3, 0.4) is 0 Å². The zero-order valence-corrected chi connectivity index (χ0v) is 13.6. The molecule has 5 nitrogen and oxygen atoms in total. The smallest absolute Gasteiger partial charge is 0.243 e. The molecule has 0 unspecified atom stereocenters. The summed E-state index contributed by atoms with van der Waals surface area (Å²) in [6.07, 6.45) is 2.15. The van der Waals surface area contributed by atoms with Crippen LogP contribution in [-0.2, 0) is 14.8 Å². The third kappa shape index (κ3) is 2.80. The molecule has 1 aromatic rings. The Morgan fingerprint density at radius 3 is 2.73 bits per heavy atom. The van der Waals surface area contributed by atoms with Gasteiger partial charge in [-0.25, -0.2) is 8.42 Å². The predicted molar refractivity (Wildman–Crippen MR) is 82.9 cm³/mol. The minimum Gasteiger partial charge on any atom is -0.390 e. The van der Waals surface area contributed by atoms with Gasteiger partial charge in [0, 0.05) is 25.1 Å². The van der Waals surface area contributed by atoms with Gasteiger partial charge in [-0.15, -0.1) is 0 Å². The Labute approximate surface area is 131 Å². The van der Waals surface area contributed by atoms with E-state index in [-0.39, 0.29) is 12.0 Å². The minimum atomic E-state index is -3.52. The maximum atomic E-state index is 12.9. The summed E-state index contributed by atoms with van der Waals surface area (Å²) in [5, 5.41) is 10.6. The molecule has 2 aliphatic heterocycles. The highest BCUT2D eigenvalue weighted by Crippen LogP contribution is 2.38. The highest BCUT2D eigenvalue weighted by Gasteiger charge is 2.47. The lowest BCUT2D eigenvalue weighted by molar-refractivity contribution is -0.116. The second-order valence-electron chi connectivity index (χ2n) is 6.43. The lowest BCUT2D eigenvalue weighted by Gasteiger charge is -2.42. The summed E-state index contributed by atoms with van der Waals surface area (Å²) in [5.41, 5.74) is -0.877. The summed E-state index contributed by atoms with van der Waals surface area (Å²) in [5.74, 6) is -0.178. The Balaban J connectivity index is 1.90. The number of sulfonamides is 1. The Morgan fingerprint density at radius 2 is 2.05 bits per heavy atom. The molecule has 0 bridgehead atoms. The number of hydrogen-bond donors (Lipinski definition) is 1. The fraction of sp³-hybridized carbons (Fsp3) is 0.625. The van der Waals surface area contributed by atoms with E-state index in [0.717, 1.165) is 12.8 Å². The number of rotatable bonds is 3. The van der Waals surface area contributed by atoms with E-state index in [1.54, 1.807) is 41.6 Å². The number of nitrogens with zero attached hydrogens (tertiary/aromatic N) is 1. The molecular formula is C16H23NO4S. The van der Waals surface area contributed by atoms with Crippen LogP contribution in [0.4, 0.5) is 0 Å². The quantitative estimate of drug-likeness (QED) is 0.917. The monoisotopic (exact) mass is 325 g/mol. The largest absolute Gasteiger partial charge is 0.390 e. The number of ether oxygens (including phenoxy) is 1. The molecule has 3 atom stereocenters. The van der Waals surface area contributed by atoms with E-state index in [4.69, 9.17) is 4.74 Å². The van der Waals surface area contributed by atoms with E-state index >= 15 is 0 Å². The van der Waals surface area contributed by atoms with E-state index < -0.39 is 15.6 Å². The summed E-state index contributed by atoms with van der Waals surface area (Å²) in [4.78, 5) is 0.318. The molecule has 2 saturated heterocycles. The van der Waals surface area contributed by atoms with Gasteiger partial charge in [0.25, 0.3) is 0 Å². The van der Waals surface area contributed by atoms with Crippen LogP contribution < -0.4 is 0 Å². The van der Waals surface area contributed by atoms with Gasteiger partial charge in [0.05, 0.1) is 17.1 Å². The van der Waals surface area contributed by atoms with Gasteiger partial charge in [-0.1, -0.05) is 18.2 Å². The molecule has 1 N–H and O–H groups in total. The zero-order chi connectivity index (χ0) is 15.8. The van der Waals surface area contributed by atoms with Crippen molar-refractivity contribution in [2.75, 3.05) is 19.8 Å². The van der Waals surface area contributed by atoms with Gasteiger partial charge in [0.2, 0.25) is 10.0 Å². The summed E-state index contributed by atoms with van der Waals surface area (Å²) < 4.78 is 32.9. The standard InChI is InChI=1S/C16H23NO4S/c1-16(18)9-11-21-12-14(16)15-8-5-10-17(15)22(19,20)13-6-3-2-4-7-13/h2-4,6-7,14-15,18H,5,8-12H2,1H3/t14-,15-,16-/m0/s1. The molecule has 0 aromatic heterocycles. The van der Waals surface area contributed by atoms with Gasteiger partial charge >= 0.3 is 0 Å². The zero-order valence-electron chi connectivity index (χ0n) is 12.8. The lowest BCUT2D eigenvalue weighted by atomic mass is 9.80. The van der Waals surface area contributed by atoms with Crippen molar-refractivity contribution in [2.45, 2.75) is 42.7 Å². The Hall–Kier alpha value is -0.950. The van der Waals surface area contributed by atoms with Crippen LogP contribution in [0.15, 0.2) is 35.2 Å². The van der Waals surface area contributed by atoms with E-state index in [0.29, 0.717) is 31.1 Å². The molecule has 2 heterocycles. The summed E-state index contributed by atoms with van der Waals surface area (Å²) in [6.45, 7) is 3.25. The Bertz CT molecular complexity index is 614. The van der Waals surface area contributed by atoms with Crippen molar-refractivity contribution in [1.29, 1.82) is 0 Å². The van der Waals surface area contributed by atoms with Crippen molar-refractivity contribution in [2.24, 2.45) is 5.92 Å². The molecule has 0 radical (unpaired) electrons. The van der Waals surface area contributed by atoms with Gasteiger partial charge in [-0.05, 0) is 38.3 Å². The molecule has 122 valence electrons. The summed E-state index contributed by atoms with van der Waals surface area (Å²) in [7, 11) is -3.52. The van der Waals surface area contributed by atoms with Gasteiger partial charge in [0.1, 0.15) is 0 Å². The van der Waals surface area contributed by atoms with Gasteiger partial charge < -0.3 is 9.84 Å². The molecule has 22 heavy (non-hydrogen) atoms. The second kappa shape index (κ2) is 5.92. The van der Waals surface area contributed by atoms with Crippen LogP contribution in [0.25, 0.3) is 0 Å². The van der Waals surface area contributed by atoms with Gasteiger partial charge in [0.15, 0.2) is 0 Å². The molecule has 1 aromatic carbocycles. The topological polar surface area (TPSA) is 66.8 Å². The third-order valence-corrected chi connectivity index (χ3v) is 6.85. The van der Waals surface area contributed by atoms with Gasteiger partial charge in [-0.2, -0.15) is 4.31 Å². The normalized spacial score (nSPS) is 33.9. The van der Waals surface area contributed by atoms with Crippen LogP contribution in [0.5, 0.6) is 0 Å². The molecule has 0 spiro atoms. The highest BCUT2D eigenvalue weighted by molar-refractivity contribution is 7.89. The van der Waals surface area contributed by atoms with E-state index in [1.165, 1.54) is 0 Å². The van der Waals surface area contributed by atoms with Crippen LogP contribution in [0.2, 0.25) is 0 Å². The first-order chi connectivity index (χ1) is 10.4. The Morgan fingerprint density at radius 1 is 1.32 bits per heavy atom. The van der Waals surface area contributed by atoms with Gasteiger partial charge in [-0.3, -0.25) is 0 Å². The molecule has 0 saturated carbocycles. The molecule has 2 aliphatic rings. The average molecular weight is 325 g/mol.